The summed E-state index contributed by atoms with van der Waals surface area (Å²) >= 11 is 13.3. The summed E-state index contributed by atoms with van der Waals surface area (Å²) in [5, 5.41) is 5.03. The van der Waals surface area contributed by atoms with Crippen LogP contribution in [0.4, 0.5) is 0 Å². The average molecular weight is 579 g/mol. The standard InChI is InChI=1S/C35H32P2S2/c38-36(31-20-8-2-9-21-31,32-22-10-3-11-23-32)29-17-16-28-35(30-18-6-1-7-19-30)37(39,33-24-12-4-13-25-33)34-26-14-5-15-27-34/h1-27,35H,28-29H2/b17-16+. The van der Waals surface area contributed by atoms with Crippen molar-refractivity contribution < 1.29 is 0 Å². The molecule has 0 nitrogen and oxygen atoms in total. The van der Waals surface area contributed by atoms with Crippen LogP contribution in [0, 0.1) is 0 Å². The minimum Gasteiger partial charge on any atom is -0.0873 e. The lowest BCUT2D eigenvalue weighted by Gasteiger charge is -2.32. The number of benzene rings is 5. The van der Waals surface area contributed by atoms with Crippen LogP contribution in [-0.2, 0) is 23.6 Å². The minimum absolute atomic E-state index is 0.182. The van der Waals surface area contributed by atoms with E-state index in [1.165, 1.54) is 26.8 Å². The van der Waals surface area contributed by atoms with Crippen LogP contribution in [-0.4, -0.2) is 6.16 Å². The van der Waals surface area contributed by atoms with E-state index in [0.717, 1.165) is 12.6 Å². The minimum atomic E-state index is -2.19. The molecule has 5 aromatic carbocycles. The molecule has 0 aliphatic carbocycles. The monoisotopic (exact) mass is 578 g/mol. The van der Waals surface area contributed by atoms with Crippen LogP contribution in [0.25, 0.3) is 0 Å². The van der Waals surface area contributed by atoms with E-state index in [9.17, 15) is 0 Å². The zero-order valence-electron chi connectivity index (χ0n) is 21.8. The summed E-state index contributed by atoms with van der Waals surface area (Å²) in [5.41, 5.74) is 1.48. The molecule has 39 heavy (non-hydrogen) atoms. The highest BCUT2D eigenvalue weighted by atomic mass is 32.4. The van der Waals surface area contributed by atoms with Crippen LogP contribution in [0.15, 0.2) is 164 Å². The van der Waals surface area contributed by atoms with Crippen molar-refractivity contribution in [3.05, 3.63) is 169 Å². The largest absolute Gasteiger partial charge is 0.0873 e. The Morgan fingerprint density at radius 2 is 0.821 bits per heavy atom. The molecule has 0 heterocycles. The fraction of sp³-hybridized carbons (Fsp3) is 0.0857. The summed E-state index contributed by atoms with van der Waals surface area (Å²) in [7, 11) is 0. The third-order valence-corrected chi connectivity index (χ3v) is 17.4. The first kappa shape index (κ1) is 27.7. The zero-order valence-corrected chi connectivity index (χ0v) is 25.2. The van der Waals surface area contributed by atoms with Crippen LogP contribution in [0.2, 0.25) is 0 Å². The van der Waals surface area contributed by atoms with Gasteiger partial charge in [0.05, 0.1) is 0 Å². The summed E-state index contributed by atoms with van der Waals surface area (Å²) in [6.07, 6.45) is 6.38. The Bertz CT molecular complexity index is 1500. The Morgan fingerprint density at radius 1 is 0.462 bits per heavy atom. The molecule has 194 valence electrons. The predicted molar refractivity (Wildman–Crippen MR) is 181 cm³/mol. The van der Waals surface area contributed by atoms with Crippen molar-refractivity contribution in [1.29, 1.82) is 0 Å². The number of rotatable bonds is 10. The second-order valence-electron chi connectivity index (χ2n) is 9.56. The van der Waals surface area contributed by atoms with Gasteiger partial charge in [-0.15, -0.1) is 0 Å². The SMILES string of the molecule is S=P(C/C=C/CC(c1ccccc1)P(=S)(c1ccccc1)c1ccccc1)(c1ccccc1)c1ccccc1. The fourth-order valence-electron chi connectivity index (χ4n) is 5.12. The molecule has 5 rings (SSSR count). The first-order valence-electron chi connectivity index (χ1n) is 13.2. The third-order valence-electron chi connectivity index (χ3n) is 7.14. The van der Waals surface area contributed by atoms with Crippen molar-refractivity contribution in [2.24, 2.45) is 0 Å². The van der Waals surface area contributed by atoms with Crippen molar-refractivity contribution in [2.45, 2.75) is 12.1 Å². The quantitative estimate of drug-likeness (QED) is 0.122. The molecule has 0 aromatic heterocycles. The van der Waals surface area contributed by atoms with E-state index in [0.29, 0.717) is 0 Å². The van der Waals surface area contributed by atoms with Gasteiger partial charge in [0.1, 0.15) is 0 Å². The molecule has 0 saturated heterocycles. The van der Waals surface area contributed by atoms with Crippen molar-refractivity contribution in [3.8, 4) is 0 Å². The smallest absolute Gasteiger partial charge is 0.0242 e. The summed E-state index contributed by atoms with van der Waals surface area (Å²) in [4.78, 5) is 0. The van der Waals surface area contributed by atoms with Gasteiger partial charge in [-0.3, -0.25) is 0 Å². The van der Waals surface area contributed by atoms with Crippen molar-refractivity contribution in [3.63, 3.8) is 0 Å². The lowest BCUT2D eigenvalue weighted by atomic mass is 10.1. The molecule has 1 unspecified atom stereocenters. The van der Waals surface area contributed by atoms with Gasteiger partial charge in [-0.25, -0.2) is 0 Å². The van der Waals surface area contributed by atoms with Gasteiger partial charge in [0.2, 0.25) is 0 Å². The van der Waals surface area contributed by atoms with Crippen LogP contribution < -0.4 is 21.2 Å². The molecular weight excluding hydrogens is 546 g/mol. The first-order chi connectivity index (χ1) is 19.1. The summed E-state index contributed by atoms with van der Waals surface area (Å²) < 4.78 is 0. The topological polar surface area (TPSA) is 0 Å². The van der Waals surface area contributed by atoms with Gasteiger partial charge < -0.3 is 0 Å². The molecule has 5 aromatic rings. The normalized spacial score (nSPS) is 12.8. The number of hydrogen-bond donors (Lipinski definition) is 0. The van der Waals surface area contributed by atoms with Gasteiger partial charge in [0.25, 0.3) is 0 Å². The van der Waals surface area contributed by atoms with E-state index in [1.54, 1.807) is 0 Å². The van der Waals surface area contributed by atoms with Crippen LogP contribution in [0.3, 0.4) is 0 Å². The Hall–Kier alpha value is -2.86. The highest BCUT2D eigenvalue weighted by molar-refractivity contribution is 8.22. The molecule has 4 heteroatoms. The van der Waals surface area contributed by atoms with Crippen molar-refractivity contribution in [2.75, 3.05) is 6.16 Å². The van der Waals surface area contributed by atoms with E-state index in [2.05, 4.69) is 164 Å². The molecule has 0 aliphatic heterocycles. The van der Waals surface area contributed by atoms with Gasteiger partial charge in [-0.2, -0.15) is 0 Å². The van der Waals surface area contributed by atoms with Gasteiger partial charge in [0.15, 0.2) is 0 Å². The molecular formula is C35H32P2S2. The second kappa shape index (κ2) is 13.0. The predicted octanol–water partition coefficient (Wildman–Crippen LogP) is 7.94. The molecule has 1 atom stereocenters. The van der Waals surface area contributed by atoms with Crippen molar-refractivity contribution >= 4 is 56.9 Å². The molecule has 0 radical (unpaired) electrons. The molecule has 0 aliphatic rings. The maximum absolute atomic E-state index is 6.78. The van der Waals surface area contributed by atoms with Crippen LogP contribution >= 0.6 is 12.1 Å². The Kier molecular flexibility index (Phi) is 9.23. The fourth-order valence-corrected chi connectivity index (χ4v) is 13.2. The number of hydrogen-bond acceptors (Lipinski definition) is 2. The maximum Gasteiger partial charge on any atom is 0.0242 e. The maximum atomic E-state index is 6.78. The Labute approximate surface area is 243 Å². The summed E-state index contributed by atoms with van der Waals surface area (Å²) in [6.45, 7) is 0. The number of allylic oxidation sites excluding steroid dienone is 2. The van der Waals surface area contributed by atoms with E-state index in [-0.39, 0.29) is 5.66 Å². The summed E-state index contributed by atoms with van der Waals surface area (Å²) in [5.74, 6) is 0. The molecule has 0 bridgehead atoms. The third kappa shape index (κ3) is 6.16. The lowest BCUT2D eigenvalue weighted by molar-refractivity contribution is 0.958. The van der Waals surface area contributed by atoms with Crippen LogP contribution in [0.5, 0.6) is 0 Å². The van der Waals surface area contributed by atoms with Crippen molar-refractivity contribution in [1.82, 2.24) is 0 Å². The van der Waals surface area contributed by atoms with E-state index >= 15 is 0 Å². The van der Waals surface area contributed by atoms with E-state index in [4.69, 9.17) is 23.6 Å². The van der Waals surface area contributed by atoms with Gasteiger partial charge >= 0.3 is 0 Å². The first-order valence-corrected chi connectivity index (χ1v) is 19.1. The Balaban J connectivity index is 1.53. The lowest BCUT2D eigenvalue weighted by Crippen LogP contribution is -2.21. The van der Waals surface area contributed by atoms with E-state index < -0.39 is 12.1 Å². The summed E-state index contributed by atoms with van der Waals surface area (Å²) in [6, 6.07) is 49.5. The molecule has 0 amide bonds. The second-order valence-corrected chi connectivity index (χ2v) is 19.0. The zero-order chi connectivity index (χ0) is 27.0. The van der Waals surface area contributed by atoms with Gasteiger partial charge in [0, 0.05) is 23.9 Å². The molecule has 0 N–H and O–H groups in total. The molecule has 0 saturated carbocycles. The Morgan fingerprint density at radius 3 is 1.23 bits per heavy atom. The van der Waals surface area contributed by atoms with Gasteiger partial charge in [-0.1, -0.05) is 187 Å². The molecule has 0 fully saturated rings. The molecule has 0 spiro atoms. The highest BCUT2D eigenvalue weighted by Crippen LogP contribution is 2.59. The highest BCUT2D eigenvalue weighted by Gasteiger charge is 2.32. The van der Waals surface area contributed by atoms with E-state index in [1.807, 2.05) is 0 Å². The average Bonchev–Trinajstić information content (AvgIpc) is 3.03. The van der Waals surface area contributed by atoms with Crippen LogP contribution in [0.1, 0.15) is 17.6 Å². The van der Waals surface area contributed by atoms with Gasteiger partial charge in [-0.05, 0) is 33.2 Å².